The first kappa shape index (κ1) is 22.1. The molecule has 2 nitrogen and oxygen atoms in total. The summed E-state index contributed by atoms with van der Waals surface area (Å²) < 4.78 is 8.86. The zero-order chi connectivity index (χ0) is 26.4. The SMILES string of the molecule is Clc1cccc2c1c1ccccc1n2-c1ccc2c(c1)C1(c3ccccc3Oc3ccccc31)c1ccccc1-2. The molecule has 0 saturated carbocycles. The van der Waals surface area contributed by atoms with Crippen LogP contribution in [0.3, 0.4) is 0 Å². The lowest BCUT2D eigenvalue weighted by atomic mass is 9.66. The van der Waals surface area contributed by atoms with Crippen LogP contribution in [-0.4, -0.2) is 4.57 Å². The lowest BCUT2D eigenvalue weighted by molar-refractivity contribution is 0.436. The van der Waals surface area contributed by atoms with Crippen LogP contribution in [-0.2, 0) is 5.41 Å². The lowest BCUT2D eigenvalue weighted by Gasteiger charge is -2.39. The number of aromatic nitrogens is 1. The molecule has 0 amide bonds. The van der Waals surface area contributed by atoms with E-state index in [1.165, 1.54) is 33.4 Å². The second kappa shape index (κ2) is 7.88. The molecular formula is C37H22ClNO. The Kier molecular flexibility index (Phi) is 4.35. The van der Waals surface area contributed by atoms with Crippen LogP contribution in [0.2, 0.25) is 5.02 Å². The number of benzene rings is 6. The number of hydrogen-bond acceptors (Lipinski definition) is 1. The minimum Gasteiger partial charge on any atom is -0.457 e. The van der Waals surface area contributed by atoms with E-state index in [9.17, 15) is 0 Å². The number of nitrogens with zero attached hydrogens (tertiary/aromatic N) is 1. The molecule has 7 aromatic rings. The summed E-state index contributed by atoms with van der Waals surface area (Å²) in [5, 5.41) is 3.01. The quantitative estimate of drug-likeness (QED) is 0.205. The van der Waals surface area contributed by atoms with E-state index in [1.807, 2.05) is 12.1 Å². The number of rotatable bonds is 1. The van der Waals surface area contributed by atoms with Gasteiger partial charge in [0.25, 0.3) is 0 Å². The molecule has 0 fully saturated rings. The molecule has 188 valence electrons. The third-order valence-electron chi connectivity index (χ3n) is 8.74. The van der Waals surface area contributed by atoms with Crippen molar-refractivity contribution in [3.8, 4) is 28.3 Å². The van der Waals surface area contributed by atoms with Gasteiger partial charge in [0, 0.05) is 27.6 Å². The van der Waals surface area contributed by atoms with Crippen molar-refractivity contribution in [1.82, 2.24) is 4.57 Å². The molecule has 2 aliphatic rings. The highest BCUT2D eigenvalue weighted by atomic mass is 35.5. The molecule has 1 aliphatic heterocycles. The van der Waals surface area contributed by atoms with Gasteiger partial charge in [-0.25, -0.2) is 0 Å². The average Bonchev–Trinajstić information content (AvgIpc) is 3.49. The molecule has 9 rings (SSSR count). The highest BCUT2D eigenvalue weighted by molar-refractivity contribution is 6.38. The molecule has 1 spiro atoms. The Bertz CT molecular complexity index is 2130. The molecule has 1 aliphatic carbocycles. The number of halogens is 1. The van der Waals surface area contributed by atoms with E-state index in [2.05, 4.69) is 126 Å². The first-order valence-electron chi connectivity index (χ1n) is 13.6. The molecule has 0 saturated heterocycles. The maximum atomic E-state index is 6.79. The van der Waals surface area contributed by atoms with E-state index in [0.29, 0.717) is 0 Å². The predicted octanol–water partition coefficient (Wildman–Crippen LogP) is 9.91. The van der Waals surface area contributed by atoms with E-state index in [4.69, 9.17) is 16.3 Å². The maximum absolute atomic E-state index is 6.79. The summed E-state index contributed by atoms with van der Waals surface area (Å²) in [5.74, 6) is 1.80. The molecule has 0 bridgehead atoms. The van der Waals surface area contributed by atoms with Crippen molar-refractivity contribution in [2.75, 3.05) is 0 Å². The molecule has 1 aromatic heterocycles. The predicted molar refractivity (Wildman–Crippen MR) is 163 cm³/mol. The third-order valence-corrected chi connectivity index (χ3v) is 9.05. The zero-order valence-electron chi connectivity index (χ0n) is 21.4. The second-order valence-electron chi connectivity index (χ2n) is 10.6. The van der Waals surface area contributed by atoms with Crippen molar-refractivity contribution in [3.05, 3.63) is 161 Å². The van der Waals surface area contributed by atoms with Crippen LogP contribution in [0.15, 0.2) is 133 Å². The third kappa shape index (κ3) is 2.64. The normalized spacial score (nSPS) is 14.0. The number of hydrogen-bond donors (Lipinski definition) is 0. The summed E-state index contributed by atoms with van der Waals surface area (Å²) in [4.78, 5) is 0. The van der Waals surface area contributed by atoms with Gasteiger partial charge in [0.15, 0.2) is 0 Å². The smallest absolute Gasteiger partial charge is 0.132 e. The lowest BCUT2D eigenvalue weighted by Crippen LogP contribution is -2.32. The van der Waals surface area contributed by atoms with Crippen LogP contribution in [0.25, 0.3) is 38.6 Å². The molecule has 6 aromatic carbocycles. The van der Waals surface area contributed by atoms with Gasteiger partial charge in [-0.1, -0.05) is 103 Å². The van der Waals surface area contributed by atoms with Gasteiger partial charge in [-0.2, -0.15) is 0 Å². The van der Waals surface area contributed by atoms with Crippen molar-refractivity contribution in [3.63, 3.8) is 0 Å². The summed E-state index contributed by atoms with van der Waals surface area (Å²) in [6, 6.07) is 47.5. The number of ether oxygens (including phenoxy) is 1. The van der Waals surface area contributed by atoms with Gasteiger partial charge < -0.3 is 9.30 Å². The van der Waals surface area contributed by atoms with Gasteiger partial charge in [0.2, 0.25) is 0 Å². The summed E-state index contributed by atoms with van der Waals surface area (Å²) in [5.41, 5.74) is 10.3. The van der Waals surface area contributed by atoms with Gasteiger partial charge in [-0.05, 0) is 64.7 Å². The molecule has 0 radical (unpaired) electrons. The van der Waals surface area contributed by atoms with E-state index in [1.54, 1.807) is 0 Å². The molecule has 0 atom stereocenters. The van der Waals surface area contributed by atoms with Crippen LogP contribution >= 0.6 is 11.6 Å². The van der Waals surface area contributed by atoms with Crippen molar-refractivity contribution in [1.29, 1.82) is 0 Å². The average molecular weight is 532 g/mol. The first-order valence-corrected chi connectivity index (χ1v) is 13.9. The molecule has 40 heavy (non-hydrogen) atoms. The van der Waals surface area contributed by atoms with Gasteiger partial charge in [0.1, 0.15) is 11.5 Å². The Morgan fingerprint density at radius 1 is 0.525 bits per heavy atom. The fourth-order valence-corrected chi connectivity index (χ4v) is 7.51. The number of para-hydroxylation sites is 3. The van der Waals surface area contributed by atoms with Crippen LogP contribution in [0.1, 0.15) is 22.3 Å². The fourth-order valence-electron chi connectivity index (χ4n) is 7.23. The molecule has 0 N–H and O–H groups in total. The fraction of sp³-hybridized carbons (Fsp3) is 0.0270. The highest BCUT2D eigenvalue weighted by Gasteiger charge is 2.51. The minimum absolute atomic E-state index is 0.496. The van der Waals surface area contributed by atoms with Crippen molar-refractivity contribution in [2.45, 2.75) is 5.41 Å². The van der Waals surface area contributed by atoms with E-state index in [0.717, 1.165) is 44.0 Å². The Morgan fingerprint density at radius 2 is 1.15 bits per heavy atom. The number of fused-ring (bicyclic) bond motifs is 12. The molecule has 2 heterocycles. The van der Waals surface area contributed by atoms with Gasteiger partial charge in [0.05, 0.1) is 21.5 Å². The molecular weight excluding hydrogens is 510 g/mol. The summed E-state index contributed by atoms with van der Waals surface area (Å²) >= 11 is 6.79. The topological polar surface area (TPSA) is 14.2 Å². The Morgan fingerprint density at radius 3 is 1.95 bits per heavy atom. The summed E-state index contributed by atoms with van der Waals surface area (Å²) in [6.07, 6.45) is 0. The Balaban J connectivity index is 1.43. The van der Waals surface area contributed by atoms with E-state index >= 15 is 0 Å². The van der Waals surface area contributed by atoms with Crippen molar-refractivity contribution < 1.29 is 4.74 Å². The Hall–Kier alpha value is -4.79. The second-order valence-corrected chi connectivity index (χ2v) is 11.0. The minimum atomic E-state index is -0.496. The maximum Gasteiger partial charge on any atom is 0.132 e. The highest BCUT2D eigenvalue weighted by Crippen LogP contribution is 2.62. The van der Waals surface area contributed by atoms with Gasteiger partial charge in [-0.3, -0.25) is 0 Å². The standard InChI is InChI=1S/C37H22ClNO/c38-31-15-9-17-33-36(31)26-11-2-6-16-32(26)39(33)23-20-21-25-24-10-1-3-12-27(24)37(30(25)22-23)28-13-4-7-18-34(28)40-35-19-8-5-14-29(35)37/h1-22H. The van der Waals surface area contributed by atoms with Crippen LogP contribution in [0, 0.1) is 0 Å². The van der Waals surface area contributed by atoms with Crippen molar-refractivity contribution in [2.24, 2.45) is 0 Å². The van der Waals surface area contributed by atoms with Crippen LogP contribution < -0.4 is 4.74 Å². The monoisotopic (exact) mass is 531 g/mol. The van der Waals surface area contributed by atoms with Crippen molar-refractivity contribution >= 4 is 33.4 Å². The van der Waals surface area contributed by atoms with E-state index < -0.39 is 5.41 Å². The van der Waals surface area contributed by atoms with Gasteiger partial charge >= 0.3 is 0 Å². The largest absolute Gasteiger partial charge is 0.457 e. The summed E-state index contributed by atoms with van der Waals surface area (Å²) in [7, 11) is 0. The first-order chi connectivity index (χ1) is 19.8. The molecule has 3 heteroatoms. The van der Waals surface area contributed by atoms with E-state index in [-0.39, 0.29) is 0 Å². The Labute approximate surface area is 236 Å². The van der Waals surface area contributed by atoms with Crippen LogP contribution in [0.5, 0.6) is 11.5 Å². The molecule has 0 unspecified atom stereocenters. The van der Waals surface area contributed by atoms with Gasteiger partial charge in [-0.15, -0.1) is 0 Å². The zero-order valence-corrected chi connectivity index (χ0v) is 22.2. The summed E-state index contributed by atoms with van der Waals surface area (Å²) in [6.45, 7) is 0. The van der Waals surface area contributed by atoms with Crippen LogP contribution in [0.4, 0.5) is 0 Å².